The maximum Gasteiger partial charge on any atom is 0.470 e. The maximum atomic E-state index is 10.7. The Hall–Kier alpha value is -0.720. The van der Waals surface area contributed by atoms with Crippen LogP contribution < -0.4 is 0 Å². The molecule has 7 nitrogen and oxygen atoms in total. The van der Waals surface area contributed by atoms with E-state index in [1.54, 1.807) is 6.92 Å². The van der Waals surface area contributed by atoms with Crippen molar-refractivity contribution in [2.24, 2.45) is 5.92 Å². The number of carboxylic acid groups (broad SMARTS) is 1. The van der Waals surface area contributed by atoms with Gasteiger partial charge in [0.1, 0.15) is 6.10 Å². The molecule has 0 heterocycles. The van der Waals surface area contributed by atoms with Crippen LogP contribution in [0.2, 0.25) is 0 Å². The predicted octanol–water partition coefficient (Wildman–Crippen LogP) is -0.124. The molecule has 1 aliphatic rings. The fourth-order valence-electron chi connectivity index (χ4n) is 1.57. The first-order valence-corrected chi connectivity index (χ1v) is 6.09. The van der Waals surface area contributed by atoms with Crippen LogP contribution in [-0.2, 0) is 13.9 Å². The van der Waals surface area contributed by atoms with Gasteiger partial charge in [-0.3, -0.25) is 4.52 Å². The Morgan fingerprint density at radius 2 is 2.12 bits per heavy atom. The fraction of sp³-hybridized carbons (Fsp3) is 0.625. The zero-order valence-corrected chi connectivity index (χ0v) is 9.37. The van der Waals surface area contributed by atoms with E-state index in [1.165, 1.54) is 0 Å². The molecule has 1 aliphatic carbocycles. The van der Waals surface area contributed by atoms with Crippen LogP contribution in [0.1, 0.15) is 13.3 Å². The minimum absolute atomic E-state index is 0.0174. The van der Waals surface area contributed by atoms with Gasteiger partial charge in [-0.2, -0.15) is 0 Å². The number of hydrogen-bond acceptors (Lipinski definition) is 4. The smallest absolute Gasteiger partial charge is 0.470 e. The molecule has 92 valence electrons. The summed E-state index contributed by atoms with van der Waals surface area (Å²) in [6.45, 7) is 1.58. The quantitative estimate of drug-likeness (QED) is 0.516. The number of hydrogen-bond donors (Lipinski definition) is 4. The highest BCUT2D eigenvalue weighted by Crippen LogP contribution is 2.41. The van der Waals surface area contributed by atoms with E-state index in [9.17, 15) is 14.5 Å². The van der Waals surface area contributed by atoms with Crippen LogP contribution >= 0.6 is 7.82 Å². The molecule has 0 aromatic carbocycles. The predicted molar refractivity (Wildman–Crippen MR) is 52.4 cm³/mol. The average Bonchev–Trinajstić information content (AvgIpc) is 2.10. The molecule has 0 amide bonds. The van der Waals surface area contributed by atoms with Gasteiger partial charge in [0.15, 0.2) is 0 Å². The van der Waals surface area contributed by atoms with Gasteiger partial charge in [-0.05, 0) is 18.4 Å². The third-order valence-electron chi connectivity index (χ3n) is 2.36. The molecular weight excluding hydrogens is 239 g/mol. The van der Waals surface area contributed by atoms with Crippen LogP contribution in [0.4, 0.5) is 0 Å². The van der Waals surface area contributed by atoms with E-state index in [1.807, 2.05) is 0 Å². The minimum Gasteiger partial charge on any atom is -0.478 e. The van der Waals surface area contributed by atoms with Gasteiger partial charge in [0.05, 0.1) is 6.10 Å². The Kier molecular flexibility index (Phi) is 3.88. The largest absolute Gasteiger partial charge is 0.478 e. The van der Waals surface area contributed by atoms with Gasteiger partial charge in [0, 0.05) is 5.57 Å². The lowest BCUT2D eigenvalue weighted by molar-refractivity contribution is -0.133. The zero-order chi connectivity index (χ0) is 12.5. The van der Waals surface area contributed by atoms with E-state index < -0.39 is 31.9 Å². The van der Waals surface area contributed by atoms with Crippen LogP contribution in [0.3, 0.4) is 0 Å². The molecule has 0 fully saturated rings. The molecule has 0 bridgehead atoms. The Morgan fingerprint density at radius 1 is 1.56 bits per heavy atom. The molecule has 1 rings (SSSR count). The first-order chi connectivity index (χ1) is 7.20. The molecule has 0 aromatic heterocycles. The number of aliphatic hydroxyl groups excluding tert-OH is 1. The second-order valence-corrected chi connectivity index (χ2v) is 4.92. The van der Waals surface area contributed by atoms with Crippen molar-refractivity contribution in [1.82, 2.24) is 0 Å². The number of carboxylic acids is 1. The minimum atomic E-state index is -4.75. The third-order valence-corrected chi connectivity index (χ3v) is 2.88. The van der Waals surface area contributed by atoms with Crippen molar-refractivity contribution in [3.05, 3.63) is 11.6 Å². The molecule has 3 unspecified atom stereocenters. The van der Waals surface area contributed by atoms with Gasteiger partial charge in [0.2, 0.25) is 0 Å². The number of aliphatic hydroxyl groups is 1. The molecule has 0 aromatic rings. The van der Waals surface area contributed by atoms with E-state index >= 15 is 0 Å². The molecule has 3 atom stereocenters. The molecule has 8 heteroatoms. The van der Waals surface area contributed by atoms with E-state index in [0.717, 1.165) is 6.08 Å². The number of phosphoric acid groups is 1. The molecule has 16 heavy (non-hydrogen) atoms. The number of aliphatic carboxylic acids is 1. The van der Waals surface area contributed by atoms with Crippen LogP contribution in [0.5, 0.6) is 0 Å². The first-order valence-electron chi connectivity index (χ1n) is 4.56. The highest BCUT2D eigenvalue weighted by Gasteiger charge is 2.35. The lowest BCUT2D eigenvalue weighted by Gasteiger charge is -2.30. The second kappa shape index (κ2) is 4.65. The van der Waals surface area contributed by atoms with Crippen LogP contribution in [0.15, 0.2) is 11.6 Å². The van der Waals surface area contributed by atoms with E-state index in [4.69, 9.17) is 14.9 Å². The molecule has 4 N–H and O–H groups in total. The topological polar surface area (TPSA) is 124 Å². The lowest BCUT2D eigenvalue weighted by Crippen LogP contribution is -2.37. The fourth-order valence-corrected chi connectivity index (χ4v) is 2.07. The van der Waals surface area contributed by atoms with Crippen molar-refractivity contribution < 1.29 is 33.9 Å². The monoisotopic (exact) mass is 252 g/mol. The van der Waals surface area contributed by atoms with Gasteiger partial charge < -0.3 is 20.0 Å². The molecule has 0 spiro atoms. The van der Waals surface area contributed by atoms with Gasteiger partial charge in [0.25, 0.3) is 0 Å². The first kappa shape index (κ1) is 13.3. The second-order valence-electron chi connectivity index (χ2n) is 3.73. The van der Waals surface area contributed by atoms with Crippen molar-refractivity contribution in [3.8, 4) is 0 Å². The highest BCUT2D eigenvalue weighted by molar-refractivity contribution is 7.46. The summed E-state index contributed by atoms with van der Waals surface area (Å²) in [6.07, 6.45) is -1.25. The van der Waals surface area contributed by atoms with Gasteiger partial charge in [-0.25, -0.2) is 9.36 Å². The Bertz CT molecular complexity index is 357. The van der Waals surface area contributed by atoms with Crippen molar-refractivity contribution in [2.45, 2.75) is 25.6 Å². The number of carbonyl (C=O) groups is 1. The van der Waals surface area contributed by atoms with Crippen molar-refractivity contribution >= 4 is 13.8 Å². The van der Waals surface area contributed by atoms with E-state index in [2.05, 4.69) is 4.52 Å². The van der Waals surface area contributed by atoms with Crippen molar-refractivity contribution in [3.63, 3.8) is 0 Å². The van der Waals surface area contributed by atoms with E-state index in [-0.39, 0.29) is 12.0 Å². The van der Waals surface area contributed by atoms with Crippen molar-refractivity contribution in [2.75, 3.05) is 0 Å². The summed E-state index contributed by atoms with van der Waals surface area (Å²) < 4.78 is 14.9. The number of phosphoric ester groups is 1. The molecule has 0 radical (unpaired) electrons. The standard InChI is InChI=1S/C8H13O7P/c1-4-2-5(8(10)11)3-6(7(4)9)15-16(12,13)14/h3-4,6-7,9H,2H2,1H3,(H,10,11)(H2,12,13,14). The Morgan fingerprint density at radius 3 is 2.56 bits per heavy atom. The average molecular weight is 252 g/mol. The molecule has 0 aliphatic heterocycles. The van der Waals surface area contributed by atoms with Gasteiger partial charge in [-0.1, -0.05) is 6.92 Å². The molecular formula is C8H13O7P. The zero-order valence-electron chi connectivity index (χ0n) is 8.48. The SMILES string of the molecule is CC1CC(C(=O)O)=CC(OP(=O)(O)O)C1O. The van der Waals surface area contributed by atoms with Crippen LogP contribution in [0.25, 0.3) is 0 Å². The summed E-state index contributed by atoms with van der Waals surface area (Å²) in [5.74, 6) is -1.62. The normalized spacial score (nSPS) is 31.0. The van der Waals surface area contributed by atoms with Crippen LogP contribution in [0, 0.1) is 5.92 Å². The van der Waals surface area contributed by atoms with Crippen LogP contribution in [-0.4, -0.2) is 38.2 Å². The van der Waals surface area contributed by atoms with Gasteiger partial charge in [-0.15, -0.1) is 0 Å². The third kappa shape index (κ3) is 3.40. The summed E-state index contributed by atoms with van der Waals surface area (Å²) >= 11 is 0. The summed E-state index contributed by atoms with van der Waals surface area (Å²) in [4.78, 5) is 27.9. The molecule has 0 saturated carbocycles. The Balaban J connectivity index is 2.92. The van der Waals surface area contributed by atoms with E-state index in [0.29, 0.717) is 0 Å². The summed E-state index contributed by atoms with van der Waals surface area (Å²) in [5.41, 5.74) is -0.0174. The highest BCUT2D eigenvalue weighted by atomic mass is 31.2. The maximum absolute atomic E-state index is 10.7. The summed E-state index contributed by atoms with van der Waals surface area (Å²) in [5, 5.41) is 18.4. The summed E-state index contributed by atoms with van der Waals surface area (Å²) in [6, 6.07) is 0. The Labute approximate surface area is 91.6 Å². The summed E-state index contributed by atoms with van der Waals surface area (Å²) in [7, 11) is -4.75. The number of rotatable bonds is 3. The van der Waals surface area contributed by atoms with Crippen molar-refractivity contribution in [1.29, 1.82) is 0 Å². The van der Waals surface area contributed by atoms with Gasteiger partial charge >= 0.3 is 13.8 Å². The molecule has 0 saturated heterocycles. The lowest BCUT2D eigenvalue weighted by atomic mass is 9.86.